The van der Waals surface area contributed by atoms with Crippen molar-refractivity contribution in [1.29, 1.82) is 0 Å². The van der Waals surface area contributed by atoms with Crippen LogP contribution in [-0.4, -0.2) is 24.7 Å². The SMILES string of the molecule is COc1ccc(NC(=O)Cn2cc(C(F)(F)F)ccc2=O)c(OC)c1. The second-order valence-corrected chi connectivity index (χ2v) is 5.00. The molecule has 25 heavy (non-hydrogen) atoms. The van der Waals surface area contributed by atoms with Crippen LogP contribution in [0.25, 0.3) is 0 Å². The van der Waals surface area contributed by atoms with Gasteiger partial charge in [-0.25, -0.2) is 0 Å². The number of benzene rings is 1. The largest absolute Gasteiger partial charge is 0.497 e. The number of pyridine rings is 1. The zero-order valence-corrected chi connectivity index (χ0v) is 13.4. The van der Waals surface area contributed by atoms with Crippen molar-refractivity contribution in [2.24, 2.45) is 0 Å². The van der Waals surface area contributed by atoms with Gasteiger partial charge in [0, 0.05) is 18.3 Å². The zero-order valence-electron chi connectivity index (χ0n) is 13.4. The second kappa shape index (κ2) is 7.29. The van der Waals surface area contributed by atoms with E-state index in [4.69, 9.17) is 9.47 Å². The van der Waals surface area contributed by atoms with Gasteiger partial charge < -0.3 is 19.4 Å². The monoisotopic (exact) mass is 356 g/mol. The molecule has 1 aromatic carbocycles. The molecule has 0 aliphatic heterocycles. The van der Waals surface area contributed by atoms with Crippen LogP contribution >= 0.6 is 0 Å². The van der Waals surface area contributed by atoms with Crippen LogP contribution in [0.3, 0.4) is 0 Å². The normalized spacial score (nSPS) is 11.1. The fourth-order valence-corrected chi connectivity index (χ4v) is 2.07. The lowest BCUT2D eigenvalue weighted by Crippen LogP contribution is -2.28. The lowest BCUT2D eigenvalue weighted by molar-refractivity contribution is -0.138. The Labute approximate surface area is 140 Å². The van der Waals surface area contributed by atoms with E-state index >= 15 is 0 Å². The number of methoxy groups -OCH3 is 2. The molecule has 0 aliphatic carbocycles. The van der Waals surface area contributed by atoms with E-state index < -0.39 is 29.8 Å². The summed E-state index contributed by atoms with van der Waals surface area (Å²) < 4.78 is 49.0. The molecule has 0 radical (unpaired) electrons. The molecule has 0 aliphatic rings. The zero-order chi connectivity index (χ0) is 18.6. The second-order valence-electron chi connectivity index (χ2n) is 5.00. The molecule has 0 bridgehead atoms. The third-order valence-corrected chi connectivity index (χ3v) is 3.31. The van der Waals surface area contributed by atoms with Crippen molar-refractivity contribution >= 4 is 11.6 Å². The summed E-state index contributed by atoms with van der Waals surface area (Å²) >= 11 is 0. The summed E-state index contributed by atoms with van der Waals surface area (Å²) in [7, 11) is 2.86. The summed E-state index contributed by atoms with van der Waals surface area (Å²) in [6.07, 6.45) is -4.00. The molecule has 1 N–H and O–H groups in total. The minimum Gasteiger partial charge on any atom is -0.497 e. The molecular formula is C16H15F3N2O4. The number of nitrogens with zero attached hydrogens (tertiary/aromatic N) is 1. The Kier molecular flexibility index (Phi) is 5.35. The molecule has 0 fully saturated rings. The molecule has 0 saturated heterocycles. The van der Waals surface area contributed by atoms with Crippen LogP contribution in [0.1, 0.15) is 5.56 Å². The van der Waals surface area contributed by atoms with Gasteiger partial charge in [-0.2, -0.15) is 13.2 Å². The van der Waals surface area contributed by atoms with Crippen LogP contribution < -0.4 is 20.3 Å². The van der Waals surface area contributed by atoms with Gasteiger partial charge in [0.25, 0.3) is 5.56 Å². The lowest BCUT2D eigenvalue weighted by Gasteiger charge is -2.13. The van der Waals surface area contributed by atoms with Crippen molar-refractivity contribution in [1.82, 2.24) is 4.57 Å². The molecule has 0 atom stereocenters. The number of rotatable bonds is 5. The smallest absolute Gasteiger partial charge is 0.417 e. The highest BCUT2D eigenvalue weighted by atomic mass is 19.4. The van der Waals surface area contributed by atoms with Crippen molar-refractivity contribution in [2.45, 2.75) is 12.7 Å². The van der Waals surface area contributed by atoms with Gasteiger partial charge in [0.2, 0.25) is 5.91 Å². The third-order valence-electron chi connectivity index (χ3n) is 3.31. The molecule has 1 aromatic heterocycles. The molecule has 0 spiro atoms. The number of carbonyl (C=O) groups is 1. The Morgan fingerprint density at radius 2 is 1.88 bits per heavy atom. The lowest BCUT2D eigenvalue weighted by atomic mass is 10.2. The van der Waals surface area contributed by atoms with Crippen LogP contribution in [0.15, 0.2) is 41.3 Å². The fraction of sp³-hybridized carbons (Fsp3) is 0.250. The highest BCUT2D eigenvalue weighted by Crippen LogP contribution is 2.29. The number of halogens is 3. The van der Waals surface area contributed by atoms with E-state index in [1.54, 1.807) is 6.07 Å². The van der Waals surface area contributed by atoms with Crippen LogP contribution in [0, 0.1) is 0 Å². The van der Waals surface area contributed by atoms with Crippen molar-refractivity contribution < 1.29 is 27.4 Å². The van der Waals surface area contributed by atoms with Gasteiger partial charge in [-0.3, -0.25) is 9.59 Å². The number of ether oxygens (including phenoxy) is 2. The number of aromatic nitrogens is 1. The van der Waals surface area contributed by atoms with Crippen LogP contribution in [-0.2, 0) is 17.5 Å². The van der Waals surface area contributed by atoms with E-state index in [0.29, 0.717) is 34.0 Å². The quantitative estimate of drug-likeness (QED) is 0.894. The molecule has 2 rings (SSSR count). The van der Waals surface area contributed by atoms with Crippen molar-refractivity contribution in [3.05, 3.63) is 52.4 Å². The molecule has 2 aromatic rings. The van der Waals surface area contributed by atoms with E-state index in [0.717, 1.165) is 6.07 Å². The molecule has 9 heteroatoms. The van der Waals surface area contributed by atoms with Crippen LogP contribution in [0.4, 0.5) is 18.9 Å². The number of carbonyl (C=O) groups excluding carboxylic acids is 1. The summed E-state index contributed by atoms with van der Waals surface area (Å²) in [5.41, 5.74) is -1.43. The van der Waals surface area contributed by atoms with Gasteiger partial charge in [0.1, 0.15) is 18.0 Å². The van der Waals surface area contributed by atoms with E-state index in [1.165, 1.54) is 26.4 Å². The first-order valence-corrected chi connectivity index (χ1v) is 7.04. The first-order valence-electron chi connectivity index (χ1n) is 7.04. The van der Waals surface area contributed by atoms with Gasteiger partial charge in [-0.05, 0) is 18.2 Å². The minimum atomic E-state index is -4.61. The molecule has 0 unspecified atom stereocenters. The average molecular weight is 356 g/mol. The van der Waals surface area contributed by atoms with E-state index in [9.17, 15) is 22.8 Å². The minimum absolute atomic E-state index is 0.299. The van der Waals surface area contributed by atoms with Crippen molar-refractivity contribution in [3.63, 3.8) is 0 Å². The topological polar surface area (TPSA) is 69.6 Å². The molecule has 1 heterocycles. The van der Waals surface area contributed by atoms with E-state index in [2.05, 4.69) is 5.32 Å². The molecule has 6 nitrogen and oxygen atoms in total. The highest BCUT2D eigenvalue weighted by molar-refractivity contribution is 5.92. The highest BCUT2D eigenvalue weighted by Gasteiger charge is 2.31. The molecule has 1 amide bonds. The predicted molar refractivity (Wildman–Crippen MR) is 83.9 cm³/mol. The Morgan fingerprint density at radius 3 is 2.48 bits per heavy atom. The maximum absolute atomic E-state index is 12.7. The Balaban J connectivity index is 2.20. The first-order chi connectivity index (χ1) is 11.7. The average Bonchev–Trinajstić information content (AvgIpc) is 2.56. The number of anilines is 1. The molecule has 134 valence electrons. The standard InChI is InChI=1S/C16H15F3N2O4/c1-24-11-4-5-12(13(7-11)25-2)20-14(22)9-21-8-10(16(17,18)19)3-6-15(21)23/h3-8H,9H2,1-2H3,(H,20,22). The van der Waals surface area contributed by atoms with Crippen molar-refractivity contribution in [3.8, 4) is 11.5 Å². The number of amides is 1. The number of nitrogens with one attached hydrogen (secondary N) is 1. The Hall–Kier alpha value is -2.97. The van der Waals surface area contributed by atoms with Gasteiger partial charge in [0.15, 0.2) is 0 Å². The van der Waals surface area contributed by atoms with Gasteiger partial charge in [-0.1, -0.05) is 0 Å². The number of alkyl halides is 3. The summed E-state index contributed by atoms with van der Waals surface area (Å²) in [5, 5.41) is 2.49. The first kappa shape index (κ1) is 18.4. The maximum atomic E-state index is 12.7. The number of hydrogen-bond acceptors (Lipinski definition) is 4. The number of hydrogen-bond donors (Lipinski definition) is 1. The Morgan fingerprint density at radius 1 is 1.16 bits per heavy atom. The molecule has 0 saturated carbocycles. The summed E-state index contributed by atoms with van der Waals surface area (Å²) in [4.78, 5) is 23.7. The summed E-state index contributed by atoms with van der Waals surface area (Å²) in [5.74, 6) is 0.137. The van der Waals surface area contributed by atoms with E-state index in [1.807, 2.05) is 0 Å². The van der Waals surface area contributed by atoms with Crippen LogP contribution in [0.2, 0.25) is 0 Å². The predicted octanol–water partition coefficient (Wildman–Crippen LogP) is 2.52. The summed E-state index contributed by atoms with van der Waals surface area (Å²) in [6, 6.07) is 6.07. The van der Waals surface area contributed by atoms with Crippen LogP contribution in [0.5, 0.6) is 11.5 Å². The molecular weight excluding hydrogens is 341 g/mol. The fourth-order valence-electron chi connectivity index (χ4n) is 2.07. The van der Waals surface area contributed by atoms with Gasteiger partial charge >= 0.3 is 6.18 Å². The van der Waals surface area contributed by atoms with Crippen molar-refractivity contribution in [2.75, 3.05) is 19.5 Å². The van der Waals surface area contributed by atoms with Gasteiger partial charge in [0.05, 0.1) is 25.5 Å². The maximum Gasteiger partial charge on any atom is 0.417 e. The Bertz CT molecular complexity index is 831. The van der Waals surface area contributed by atoms with Gasteiger partial charge in [-0.15, -0.1) is 0 Å². The summed E-state index contributed by atoms with van der Waals surface area (Å²) in [6.45, 7) is -0.571. The van der Waals surface area contributed by atoms with E-state index in [-0.39, 0.29) is 0 Å². The third kappa shape index (κ3) is 4.52.